The Morgan fingerprint density at radius 3 is 2.36 bits per heavy atom. The summed E-state index contributed by atoms with van der Waals surface area (Å²) in [6, 6.07) is 20.6. The minimum Gasteiger partial charge on any atom is -0.382 e. The Bertz CT molecular complexity index is 1070. The average Bonchev–Trinajstić information content (AvgIpc) is 2.66. The smallest absolute Gasteiger partial charge is 0.313 e. The molecule has 0 saturated heterocycles. The van der Waals surface area contributed by atoms with Crippen molar-refractivity contribution in [3.63, 3.8) is 0 Å². The van der Waals surface area contributed by atoms with Gasteiger partial charge in [-0.15, -0.1) is 0 Å². The quantitative estimate of drug-likeness (QED) is 0.616. The van der Waals surface area contributed by atoms with Crippen LogP contribution in [0.2, 0.25) is 0 Å². The van der Waals surface area contributed by atoms with E-state index in [4.69, 9.17) is 4.18 Å². The number of hydrogen-bond donors (Lipinski definition) is 1. The molecule has 0 aliphatic carbocycles. The minimum atomic E-state index is -4.00. The van der Waals surface area contributed by atoms with Gasteiger partial charge in [0.05, 0.1) is 0 Å². The maximum absolute atomic E-state index is 13.2. The topological polar surface area (TPSA) is 72.5 Å². The highest BCUT2D eigenvalue weighted by atomic mass is 32.2. The zero-order chi connectivity index (χ0) is 20.0. The summed E-state index contributed by atoms with van der Waals surface area (Å²) in [5, 5.41) is 2.77. The van der Waals surface area contributed by atoms with Crippen molar-refractivity contribution < 1.29 is 21.8 Å². The van der Waals surface area contributed by atoms with E-state index < -0.39 is 21.7 Å². The van der Waals surface area contributed by atoms with E-state index in [2.05, 4.69) is 5.32 Å². The van der Waals surface area contributed by atoms with E-state index in [0.717, 1.165) is 11.6 Å². The highest BCUT2D eigenvalue weighted by Crippen LogP contribution is 2.18. The molecular weight excluding hydrogens is 381 g/mol. The third-order valence-corrected chi connectivity index (χ3v) is 4.98. The largest absolute Gasteiger partial charge is 0.382 e. The SMILES string of the molecule is O=C(NCc1ccccc1)c1cccc(OS(=O)(=O)Cc2cccc(F)c2)c1. The van der Waals surface area contributed by atoms with Crippen LogP contribution in [0.5, 0.6) is 5.75 Å². The lowest BCUT2D eigenvalue weighted by molar-refractivity contribution is 0.0950. The number of nitrogens with one attached hydrogen (secondary N) is 1. The van der Waals surface area contributed by atoms with Crippen LogP contribution in [0.25, 0.3) is 0 Å². The molecule has 1 amide bonds. The molecule has 0 saturated carbocycles. The third kappa shape index (κ3) is 5.65. The Kier molecular flexibility index (Phi) is 6.06. The number of rotatable bonds is 7. The first kappa shape index (κ1) is 19.6. The summed E-state index contributed by atoms with van der Waals surface area (Å²) in [6.07, 6.45) is 0. The maximum Gasteiger partial charge on any atom is 0.313 e. The first-order chi connectivity index (χ1) is 13.4. The Hall–Kier alpha value is -3.19. The lowest BCUT2D eigenvalue weighted by Crippen LogP contribution is -2.22. The molecule has 144 valence electrons. The van der Waals surface area contributed by atoms with E-state index in [9.17, 15) is 17.6 Å². The van der Waals surface area contributed by atoms with E-state index in [0.29, 0.717) is 6.54 Å². The zero-order valence-electron chi connectivity index (χ0n) is 14.8. The summed E-state index contributed by atoms with van der Waals surface area (Å²) in [5.41, 5.74) is 1.49. The number of hydrogen-bond acceptors (Lipinski definition) is 4. The molecule has 1 N–H and O–H groups in total. The van der Waals surface area contributed by atoms with Crippen molar-refractivity contribution in [1.82, 2.24) is 5.32 Å². The summed E-state index contributed by atoms with van der Waals surface area (Å²) in [5.74, 6) is -1.33. The normalized spacial score (nSPS) is 11.0. The van der Waals surface area contributed by atoms with Gasteiger partial charge in [-0.1, -0.05) is 48.5 Å². The molecule has 5 nitrogen and oxygen atoms in total. The fourth-order valence-electron chi connectivity index (χ4n) is 2.58. The molecule has 28 heavy (non-hydrogen) atoms. The predicted molar refractivity (Wildman–Crippen MR) is 104 cm³/mol. The Labute approximate surface area is 162 Å². The van der Waals surface area contributed by atoms with Gasteiger partial charge in [-0.3, -0.25) is 4.79 Å². The average molecular weight is 399 g/mol. The molecule has 0 atom stereocenters. The van der Waals surface area contributed by atoms with Gasteiger partial charge in [0.2, 0.25) is 0 Å². The molecule has 0 aromatic heterocycles. The van der Waals surface area contributed by atoms with Crippen molar-refractivity contribution >= 4 is 16.0 Å². The molecule has 0 aliphatic rings. The minimum absolute atomic E-state index is 0.0174. The van der Waals surface area contributed by atoms with Crippen molar-refractivity contribution in [2.75, 3.05) is 0 Å². The zero-order valence-corrected chi connectivity index (χ0v) is 15.7. The van der Waals surface area contributed by atoms with E-state index in [-0.39, 0.29) is 22.8 Å². The van der Waals surface area contributed by atoms with Crippen LogP contribution < -0.4 is 9.50 Å². The van der Waals surface area contributed by atoms with Crippen LogP contribution >= 0.6 is 0 Å². The van der Waals surface area contributed by atoms with Crippen molar-refractivity contribution in [2.45, 2.75) is 12.3 Å². The lowest BCUT2D eigenvalue weighted by Gasteiger charge is -2.09. The van der Waals surface area contributed by atoms with Crippen LogP contribution in [0.1, 0.15) is 21.5 Å². The van der Waals surface area contributed by atoms with Crippen LogP contribution in [0.3, 0.4) is 0 Å². The van der Waals surface area contributed by atoms with E-state index in [1.165, 1.54) is 36.4 Å². The van der Waals surface area contributed by atoms with Gasteiger partial charge in [0, 0.05) is 12.1 Å². The molecular formula is C21H18FNO4S. The van der Waals surface area contributed by atoms with E-state index in [1.54, 1.807) is 6.07 Å². The predicted octanol–water partition coefficient (Wildman–Crippen LogP) is 3.66. The van der Waals surface area contributed by atoms with Gasteiger partial charge in [-0.05, 0) is 41.5 Å². The molecule has 0 radical (unpaired) electrons. The molecule has 0 spiro atoms. The van der Waals surface area contributed by atoms with Crippen LogP contribution in [0, 0.1) is 5.82 Å². The van der Waals surface area contributed by atoms with Crippen LogP contribution in [-0.4, -0.2) is 14.3 Å². The number of halogens is 1. The molecule has 3 aromatic carbocycles. The molecule has 3 aromatic rings. The number of carbonyl (C=O) groups excluding carboxylic acids is 1. The molecule has 0 unspecified atom stereocenters. The van der Waals surface area contributed by atoms with E-state index >= 15 is 0 Å². The van der Waals surface area contributed by atoms with Crippen molar-refractivity contribution in [3.05, 3.63) is 101 Å². The number of amides is 1. The summed E-state index contributed by atoms with van der Waals surface area (Å²) in [7, 11) is -4.00. The fourth-order valence-corrected chi connectivity index (χ4v) is 3.62. The van der Waals surface area contributed by atoms with Gasteiger partial charge in [0.1, 0.15) is 17.3 Å². The summed E-state index contributed by atoms with van der Waals surface area (Å²) in [4.78, 5) is 12.3. The second-order valence-electron chi connectivity index (χ2n) is 6.11. The highest BCUT2D eigenvalue weighted by molar-refractivity contribution is 7.86. The Balaban J connectivity index is 1.66. The second-order valence-corrected chi connectivity index (χ2v) is 7.68. The second kappa shape index (κ2) is 8.67. The van der Waals surface area contributed by atoms with Gasteiger partial charge in [0.15, 0.2) is 0 Å². The maximum atomic E-state index is 13.2. The summed E-state index contributed by atoms with van der Waals surface area (Å²) in [6.45, 7) is 0.350. The Morgan fingerprint density at radius 2 is 1.61 bits per heavy atom. The fraction of sp³-hybridized carbons (Fsp3) is 0.0952. The van der Waals surface area contributed by atoms with Crippen LogP contribution in [0.4, 0.5) is 4.39 Å². The standard InChI is InChI=1S/C21H18FNO4S/c22-19-10-4-8-17(12-19)15-28(25,26)27-20-11-5-9-18(13-20)21(24)23-14-16-6-2-1-3-7-16/h1-13H,14-15H2,(H,23,24). The lowest BCUT2D eigenvalue weighted by atomic mass is 10.2. The van der Waals surface area contributed by atoms with E-state index in [1.807, 2.05) is 30.3 Å². The van der Waals surface area contributed by atoms with Gasteiger partial charge in [-0.25, -0.2) is 4.39 Å². The van der Waals surface area contributed by atoms with Crippen molar-refractivity contribution in [2.24, 2.45) is 0 Å². The first-order valence-electron chi connectivity index (χ1n) is 8.50. The van der Waals surface area contributed by atoms with Gasteiger partial charge < -0.3 is 9.50 Å². The van der Waals surface area contributed by atoms with Gasteiger partial charge in [0.25, 0.3) is 5.91 Å². The molecule has 0 aliphatic heterocycles. The third-order valence-electron chi connectivity index (χ3n) is 3.85. The number of carbonyl (C=O) groups is 1. The first-order valence-corrected chi connectivity index (χ1v) is 10.1. The molecule has 0 heterocycles. The Morgan fingerprint density at radius 1 is 0.893 bits per heavy atom. The van der Waals surface area contributed by atoms with Gasteiger partial charge in [-0.2, -0.15) is 8.42 Å². The molecule has 7 heteroatoms. The summed E-state index contributed by atoms with van der Waals surface area (Å²) >= 11 is 0. The highest BCUT2D eigenvalue weighted by Gasteiger charge is 2.16. The summed E-state index contributed by atoms with van der Waals surface area (Å²) < 4.78 is 42.7. The van der Waals surface area contributed by atoms with Crippen LogP contribution in [0.15, 0.2) is 78.9 Å². The molecule has 3 rings (SSSR count). The van der Waals surface area contributed by atoms with Crippen molar-refractivity contribution in [1.29, 1.82) is 0 Å². The van der Waals surface area contributed by atoms with Crippen LogP contribution in [-0.2, 0) is 22.4 Å². The van der Waals surface area contributed by atoms with Crippen molar-refractivity contribution in [3.8, 4) is 5.75 Å². The number of benzene rings is 3. The molecule has 0 bridgehead atoms. The molecule has 0 fully saturated rings. The monoisotopic (exact) mass is 399 g/mol. The van der Waals surface area contributed by atoms with Gasteiger partial charge >= 0.3 is 10.1 Å².